The van der Waals surface area contributed by atoms with Crippen LogP contribution in [0.5, 0.6) is 5.88 Å². The lowest BCUT2D eigenvalue weighted by molar-refractivity contribution is -0.129. The number of rotatable bonds is 4. The van der Waals surface area contributed by atoms with Crippen molar-refractivity contribution in [1.29, 1.82) is 0 Å². The van der Waals surface area contributed by atoms with E-state index in [0.29, 0.717) is 24.7 Å². The topological polar surface area (TPSA) is 91.4 Å². The summed E-state index contributed by atoms with van der Waals surface area (Å²) in [5, 5.41) is 0. The van der Waals surface area contributed by atoms with Gasteiger partial charge in [0.1, 0.15) is 17.5 Å². The van der Waals surface area contributed by atoms with Crippen LogP contribution in [0.15, 0.2) is 30.7 Å². The lowest BCUT2D eigenvalue weighted by Crippen LogP contribution is -2.56. The van der Waals surface area contributed by atoms with Crippen molar-refractivity contribution in [2.75, 3.05) is 26.2 Å². The van der Waals surface area contributed by atoms with Gasteiger partial charge >= 0.3 is 0 Å². The van der Waals surface area contributed by atoms with Crippen molar-refractivity contribution in [3.63, 3.8) is 0 Å². The largest absolute Gasteiger partial charge is 0.469 e. The second-order valence-corrected chi connectivity index (χ2v) is 7.06. The second kappa shape index (κ2) is 7.38. The quantitative estimate of drug-likeness (QED) is 0.880. The van der Waals surface area contributed by atoms with E-state index in [2.05, 4.69) is 15.0 Å². The monoisotopic (exact) mass is 369 g/mol. The molecule has 2 fully saturated rings. The first-order valence-electron chi connectivity index (χ1n) is 9.27. The molecule has 4 rings (SSSR count). The first-order chi connectivity index (χ1) is 13.1. The Morgan fingerprint density at radius 3 is 2.56 bits per heavy atom. The number of hydrogen-bond acceptors (Lipinski definition) is 5. The standard InChI is InChI=1S/C19H23N5O3/c1-13(25)23-9-4-14(5-10-23)17-18(22-8-7-21-17)27-15-11-24(12-15)19(26)16-3-2-6-20-16/h2-3,6-8,14-15,20H,4-5,9-12H2,1H3. The Morgan fingerprint density at radius 2 is 1.89 bits per heavy atom. The molecular weight excluding hydrogens is 346 g/mol. The molecule has 8 heteroatoms. The van der Waals surface area contributed by atoms with Crippen molar-refractivity contribution in [3.05, 3.63) is 42.1 Å². The van der Waals surface area contributed by atoms with Gasteiger partial charge in [0.05, 0.1) is 13.1 Å². The number of hydrogen-bond donors (Lipinski definition) is 1. The number of nitrogens with one attached hydrogen (secondary N) is 1. The zero-order valence-corrected chi connectivity index (χ0v) is 15.3. The smallest absolute Gasteiger partial charge is 0.270 e. The average molecular weight is 369 g/mol. The van der Waals surface area contributed by atoms with Crippen LogP contribution < -0.4 is 4.74 Å². The predicted octanol–water partition coefficient (Wildman–Crippen LogP) is 1.43. The maximum atomic E-state index is 12.3. The molecule has 2 aliphatic rings. The number of carbonyl (C=O) groups is 2. The molecule has 142 valence electrons. The average Bonchev–Trinajstić information content (AvgIpc) is 3.19. The zero-order valence-electron chi connectivity index (χ0n) is 15.3. The van der Waals surface area contributed by atoms with E-state index in [1.807, 2.05) is 11.0 Å². The van der Waals surface area contributed by atoms with Crippen LogP contribution in [0.4, 0.5) is 0 Å². The molecule has 2 saturated heterocycles. The van der Waals surface area contributed by atoms with Gasteiger partial charge in [-0.2, -0.15) is 0 Å². The van der Waals surface area contributed by atoms with Gasteiger partial charge in [0.25, 0.3) is 5.91 Å². The van der Waals surface area contributed by atoms with Gasteiger partial charge in [0.2, 0.25) is 11.8 Å². The molecular formula is C19H23N5O3. The number of amides is 2. The van der Waals surface area contributed by atoms with Crippen molar-refractivity contribution >= 4 is 11.8 Å². The Bertz CT molecular complexity index is 809. The second-order valence-electron chi connectivity index (χ2n) is 7.06. The van der Waals surface area contributed by atoms with E-state index < -0.39 is 0 Å². The van der Waals surface area contributed by atoms with E-state index in [-0.39, 0.29) is 23.8 Å². The summed E-state index contributed by atoms with van der Waals surface area (Å²) in [6.07, 6.45) is 6.69. The summed E-state index contributed by atoms with van der Waals surface area (Å²) in [7, 11) is 0. The molecule has 1 N–H and O–H groups in total. The summed E-state index contributed by atoms with van der Waals surface area (Å²) < 4.78 is 6.05. The Morgan fingerprint density at radius 1 is 1.15 bits per heavy atom. The molecule has 8 nitrogen and oxygen atoms in total. The van der Waals surface area contributed by atoms with Gasteiger partial charge in [0.15, 0.2) is 0 Å². The van der Waals surface area contributed by atoms with Gasteiger partial charge in [0, 0.05) is 44.5 Å². The molecule has 0 saturated carbocycles. The summed E-state index contributed by atoms with van der Waals surface area (Å²) in [5.41, 5.74) is 1.45. The number of nitrogens with zero attached hydrogens (tertiary/aromatic N) is 4. The summed E-state index contributed by atoms with van der Waals surface area (Å²) in [6, 6.07) is 3.58. The van der Waals surface area contributed by atoms with Gasteiger partial charge in [-0.3, -0.25) is 14.6 Å². The van der Waals surface area contributed by atoms with Crippen LogP contribution in [0.3, 0.4) is 0 Å². The van der Waals surface area contributed by atoms with Crippen molar-refractivity contribution in [2.45, 2.75) is 31.8 Å². The molecule has 0 spiro atoms. The van der Waals surface area contributed by atoms with E-state index in [1.54, 1.807) is 36.5 Å². The molecule has 0 unspecified atom stereocenters. The molecule has 0 radical (unpaired) electrons. The van der Waals surface area contributed by atoms with E-state index in [1.165, 1.54) is 0 Å². The highest BCUT2D eigenvalue weighted by Crippen LogP contribution is 2.32. The Kier molecular flexibility index (Phi) is 4.79. The fourth-order valence-corrected chi connectivity index (χ4v) is 3.64. The number of piperidine rings is 1. The molecule has 2 aliphatic heterocycles. The molecule has 27 heavy (non-hydrogen) atoms. The molecule has 2 aromatic rings. The minimum absolute atomic E-state index is 0.0178. The van der Waals surface area contributed by atoms with Crippen LogP contribution in [0.2, 0.25) is 0 Å². The minimum atomic E-state index is -0.0725. The molecule has 0 bridgehead atoms. The van der Waals surface area contributed by atoms with E-state index in [0.717, 1.165) is 31.6 Å². The van der Waals surface area contributed by atoms with Crippen molar-refractivity contribution in [1.82, 2.24) is 24.8 Å². The third kappa shape index (κ3) is 3.65. The first-order valence-corrected chi connectivity index (χ1v) is 9.27. The minimum Gasteiger partial charge on any atom is -0.469 e. The number of H-pyrrole nitrogens is 1. The predicted molar refractivity (Wildman–Crippen MR) is 97.4 cm³/mol. The highest BCUT2D eigenvalue weighted by atomic mass is 16.5. The highest BCUT2D eigenvalue weighted by molar-refractivity contribution is 5.93. The van der Waals surface area contributed by atoms with Crippen molar-refractivity contribution < 1.29 is 14.3 Å². The van der Waals surface area contributed by atoms with E-state index in [9.17, 15) is 9.59 Å². The summed E-state index contributed by atoms with van der Waals surface area (Å²) in [6.45, 7) is 4.15. The Labute approximate surface area is 157 Å². The number of aromatic amines is 1. The normalized spacial score (nSPS) is 18.3. The maximum Gasteiger partial charge on any atom is 0.270 e. The van der Waals surface area contributed by atoms with Crippen molar-refractivity contribution in [3.8, 4) is 5.88 Å². The number of carbonyl (C=O) groups excluding carboxylic acids is 2. The van der Waals surface area contributed by atoms with Crippen LogP contribution in [0.25, 0.3) is 0 Å². The molecule has 2 aromatic heterocycles. The fourth-order valence-electron chi connectivity index (χ4n) is 3.64. The number of aromatic nitrogens is 3. The lowest BCUT2D eigenvalue weighted by Gasteiger charge is -2.39. The molecule has 2 amide bonds. The lowest BCUT2D eigenvalue weighted by atomic mass is 9.93. The number of ether oxygens (including phenoxy) is 1. The van der Waals surface area contributed by atoms with Gasteiger partial charge in [-0.25, -0.2) is 4.98 Å². The first kappa shape index (κ1) is 17.5. The Hall–Kier alpha value is -2.90. The van der Waals surface area contributed by atoms with Crippen LogP contribution in [-0.4, -0.2) is 68.8 Å². The van der Waals surface area contributed by atoms with Crippen LogP contribution >= 0.6 is 0 Å². The van der Waals surface area contributed by atoms with Gasteiger partial charge in [-0.05, 0) is 25.0 Å². The van der Waals surface area contributed by atoms with Crippen LogP contribution in [0, 0.1) is 0 Å². The summed E-state index contributed by atoms with van der Waals surface area (Å²) in [4.78, 5) is 39.2. The number of likely N-dealkylation sites (tertiary alicyclic amines) is 2. The highest BCUT2D eigenvalue weighted by Gasteiger charge is 2.35. The Balaban J connectivity index is 1.36. The molecule has 4 heterocycles. The third-order valence-electron chi connectivity index (χ3n) is 5.26. The maximum absolute atomic E-state index is 12.3. The van der Waals surface area contributed by atoms with E-state index >= 15 is 0 Å². The van der Waals surface area contributed by atoms with Gasteiger partial charge < -0.3 is 19.5 Å². The molecule has 0 aromatic carbocycles. The summed E-state index contributed by atoms with van der Waals surface area (Å²) >= 11 is 0. The third-order valence-corrected chi connectivity index (χ3v) is 5.26. The van der Waals surface area contributed by atoms with Gasteiger partial charge in [-0.15, -0.1) is 0 Å². The van der Waals surface area contributed by atoms with Gasteiger partial charge in [-0.1, -0.05) is 0 Å². The fraction of sp³-hybridized carbons (Fsp3) is 0.474. The zero-order chi connectivity index (χ0) is 18.8. The SMILES string of the molecule is CC(=O)N1CCC(c2nccnc2OC2CN(C(=O)c3ccc[nH]3)C2)CC1. The summed E-state index contributed by atoms with van der Waals surface area (Å²) in [5.74, 6) is 0.887. The van der Waals surface area contributed by atoms with Crippen LogP contribution in [0.1, 0.15) is 41.9 Å². The van der Waals surface area contributed by atoms with Crippen LogP contribution in [-0.2, 0) is 4.79 Å². The van der Waals surface area contributed by atoms with E-state index in [4.69, 9.17) is 4.74 Å². The molecule has 0 aliphatic carbocycles. The van der Waals surface area contributed by atoms with Crippen molar-refractivity contribution in [2.24, 2.45) is 0 Å². The molecule has 0 atom stereocenters.